The predicted octanol–water partition coefficient (Wildman–Crippen LogP) is 2.06. The standard InChI is InChI=1S/C11H12N2O2S/c1-7-5-3-4-6-8(7)12-9-10(14)13(2)11(15)16-9/h3-6,9,12H,1-2H3/t9-/m1/s1. The van der Waals surface area contributed by atoms with Gasteiger partial charge in [-0.25, -0.2) is 0 Å². The average Bonchev–Trinajstić information content (AvgIpc) is 2.50. The van der Waals surface area contributed by atoms with Crippen LogP contribution in [0.25, 0.3) is 0 Å². The summed E-state index contributed by atoms with van der Waals surface area (Å²) in [5.41, 5.74) is 1.94. The van der Waals surface area contributed by atoms with Crippen molar-refractivity contribution in [1.82, 2.24) is 4.90 Å². The molecule has 5 heteroatoms. The molecule has 0 bridgehead atoms. The minimum absolute atomic E-state index is 0.196. The van der Waals surface area contributed by atoms with E-state index in [1.165, 1.54) is 7.05 Å². The number of para-hydroxylation sites is 1. The summed E-state index contributed by atoms with van der Waals surface area (Å²) in [5, 5.41) is 2.36. The second kappa shape index (κ2) is 4.17. The first-order chi connectivity index (χ1) is 7.59. The van der Waals surface area contributed by atoms with Crippen molar-refractivity contribution < 1.29 is 9.59 Å². The lowest BCUT2D eigenvalue weighted by Crippen LogP contribution is -2.31. The Balaban J connectivity index is 2.15. The second-order valence-electron chi connectivity index (χ2n) is 3.62. The zero-order valence-corrected chi connectivity index (χ0v) is 9.88. The molecule has 1 aliphatic rings. The van der Waals surface area contributed by atoms with Gasteiger partial charge in [-0.05, 0) is 30.3 Å². The maximum absolute atomic E-state index is 11.7. The predicted molar refractivity (Wildman–Crippen MR) is 64.3 cm³/mol. The first-order valence-corrected chi connectivity index (χ1v) is 5.78. The summed E-state index contributed by atoms with van der Waals surface area (Å²) in [4.78, 5) is 24.1. The van der Waals surface area contributed by atoms with Crippen LogP contribution >= 0.6 is 11.8 Å². The van der Waals surface area contributed by atoms with E-state index in [1.54, 1.807) is 0 Å². The number of hydrogen-bond donors (Lipinski definition) is 1. The molecule has 0 aliphatic carbocycles. The summed E-state index contributed by atoms with van der Waals surface area (Å²) in [6, 6.07) is 7.68. The number of rotatable bonds is 2. The molecule has 2 rings (SSSR count). The van der Waals surface area contributed by atoms with E-state index >= 15 is 0 Å². The van der Waals surface area contributed by atoms with Crippen LogP contribution < -0.4 is 5.32 Å². The second-order valence-corrected chi connectivity index (χ2v) is 4.68. The van der Waals surface area contributed by atoms with Crippen LogP contribution in [0, 0.1) is 6.92 Å². The van der Waals surface area contributed by atoms with Gasteiger partial charge in [0.25, 0.3) is 11.1 Å². The number of carbonyl (C=O) groups is 2. The molecule has 16 heavy (non-hydrogen) atoms. The monoisotopic (exact) mass is 236 g/mol. The molecule has 1 fully saturated rings. The first kappa shape index (κ1) is 11.0. The molecule has 1 atom stereocenters. The number of nitrogens with one attached hydrogen (secondary N) is 1. The molecule has 0 radical (unpaired) electrons. The summed E-state index contributed by atoms with van der Waals surface area (Å²) in [7, 11) is 1.50. The summed E-state index contributed by atoms with van der Waals surface area (Å²) < 4.78 is 0. The third kappa shape index (κ3) is 1.90. The van der Waals surface area contributed by atoms with Gasteiger partial charge >= 0.3 is 0 Å². The minimum atomic E-state index is -0.501. The highest BCUT2D eigenvalue weighted by Gasteiger charge is 2.37. The Bertz CT molecular complexity index is 447. The number of imide groups is 1. The fourth-order valence-electron chi connectivity index (χ4n) is 1.46. The number of anilines is 1. The topological polar surface area (TPSA) is 49.4 Å². The van der Waals surface area contributed by atoms with Gasteiger partial charge in [-0.3, -0.25) is 14.5 Å². The number of hydrogen-bond acceptors (Lipinski definition) is 4. The zero-order valence-electron chi connectivity index (χ0n) is 9.06. The van der Waals surface area contributed by atoms with Gasteiger partial charge in [0.05, 0.1) is 0 Å². The molecular formula is C11H12N2O2S. The molecule has 1 heterocycles. The van der Waals surface area contributed by atoms with Gasteiger partial charge in [-0.2, -0.15) is 0 Å². The van der Waals surface area contributed by atoms with E-state index < -0.39 is 5.37 Å². The van der Waals surface area contributed by atoms with Crippen LogP contribution in [0.3, 0.4) is 0 Å². The lowest BCUT2D eigenvalue weighted by atomic mass is 10.2. The molecule has 0 aromatic heterocycles. The third-order valence-electron chi connectivity index (χ3n) is 2.48. The Morgan fingerprint density at radius 3 is 2.56 bits per heavy atom. The molecule has 1 aliphatic heterocycles. The van der Waals surface area contributed by atoms with Crippen molar-refractivity contribution in [3.8, 4) is 0 Å². The van der Waals surface area contributed by atoms with Crippen LogP contribution in [0.1, 0.15) is 5.56 Å². The summed E-state index contributed by atoms with van der Waals surface area (Å²) in [5.74, 6) is -0.196. The number of thioether (sulfide) groups is 1. The van der Waals surface area contributed by atoms with Crippen LogP contribution in [-0.4, -0.2) is 28.5 Å². The number of carbonyl (C=O) groups excluding carboxylic acids is 2. The number of benzene rings is 1. The van der Waals surface area contributed by atoms with Gasteiger partial charge < -0.3 is 5.32 Å². The van der Waals surface area contributed by atoms with E-state index in [0.29, 0.717) is 0 Å². The Kier molecular flexibility index (Phi) is 2.87. The molecule has 0 unspecified atom stereocenters. The van der Waals surface area contributed by atoms with Gasteiger partial charge in [0, 0.05) is 12.7 Å². The van der Waals surface area contributed by atoms with Crippen molar-refractivity contribution in [2.45, 2.75) is 12.3 Å². The smallest absolute Gasteiger partial charge is 0.290 e. The van der Waals surface area contributed by atoms with Crippen molar-refractivity contribution in [2.24, 2.45) is 0 Å². The summed E-state index contributed by atoms with van der Waals surface area (Å²) in [6.45, 7) is 1.96. The summed E-state index contributed by atoms with van der Waals surface area (Å²) >= 11 is 1.01. The highest BCUT2D eigenvalue weighted by molar-refractivity contribution is 8.15. The fraction of sp³-hybridized carbons (Fsp3) is 0.273. The third-order valence-corrected chi connectivity index (χ3v) is 3.51. The van der Waals surface area contributed by atoms with Crippen LogP contribution in [-0.2, 0) is 4.79 Å². The number of likely N-dealkylation sites (N-methyl/N-ethyl adjacent to an activating group) is 1. The highest BCUT2D eigenvalue weighted by atomic mass is 32.2. The van der Waals surface area contributed by atoms with Gasteiger partial charge in [-0.15, -0.1) is 0 Å². The van der Waals surface area contributed by atoms with Crippen LogP contribution in [0.5, 0.6) is 0 Å². The first-order valence-electron chi connectivity index (χ1n) is 4.90. The average molecular weight is 236 g/mol. The van der Waals surface area contributed by atoms with Crippen LogP contribution in [0.4, 0.5) is 10.5 Å². The van der Waals surface area contributed by atoms with Gasteiger partial charge in [0.1, 0.15) is 0 Å². The van der Waals surface area contributed by atoms with Crippen molar-refractivity contribution >= 4 is 28.6 Å². The molecule has 1 N–H and O–H groups in total. The number of nitrogens with zero attached hydrogens (tertiary/aromatic N) is 1. The molecule has 1 aromatic carbocycles. The van der Waals surface area contributed by atoms with Gasteiger partial charge in [0.2, 0.25) is 0 Å². The lowest BCUT2D eigenvalue weighted by molar-refractivity contribution is -0.125. The minimum Gasteiger partial charge on any atom is -0.365 e. The van der Waals surface area contributed by atoms with Crippen molar-refractivity contribution in [1.29, 1.82) is 0 Å². The van der Waals surface area contributed by atoms with E-state index in [9.17, 15) is 9.59 Å². The van der Waals surface area contributed by atoms with E-state index in [1.807, 2.05) is 31.2 Å². The molecule has 0 spiro atoms. The quantitative estimate of drug-likeness (QED) is 0.854. The highest BCUT2D eigenvalue weighted by Crippen LogP contribution is 2.27. The van der Waals surface area contributed by atoms with E-state index in [-0.39, 0.29) is 11.1 Å². The number of aryl methyl sites for hydroxylation is 1. The number of amides is 2. The van der Waals surface area contributed by atoms with E-state index in [4.69, 9.17) is 0 Å². The molecule has 1 aromatic rings. The Morgan fingerprint density at radius 2 is 2.00 bits per heavy atom. The van der Waals surface area contributed by atoms with E-state index in [0.717, 1.165) is 27.9 Å². The van der Waals surface area contributed by atoms with Gasteiger partial charge in [-0.1, -0.05) is 18.2 Å². The zero-order chi connectivity index (χ0) is 11.7. The van der Waals surface area contributed by atoms with E-state index in [2.05, 4.69) is 5.32 Å². The molecule has 1 saturated heterocycles. The SMILES string of the molecule is Cc1ccccc1N[C@@H]1SC(=O)N(C)C1=O. The molecule has 4 nitrogen and oxygen atoms in total. The Hall–Kier alpha value is -1.49. The van der Waals surface area contributed by atoms with Gasteiger partial charge in [0.15, 0.2) is 5.37 Å². The lowest BCUT2D eigenvalue weighted by Gasteiger charge is -2.13. The fourth-order valence-corrected chi connectivity index (χ4v) is 2.36. The van der Waals surface area contributed by atoms with Crippen molar-refractivity contribution in [3.63, 3.8) is 0 Å². The largest absolute Gasteiger partial charge is 0.365 e. The van der Waals surface area contributed by atoms with Crippen LogP contribution in [0.2, 0.25) is 0 Å². The molecular weight excluding hydrogens is 224 g/mol. The molecule has 84 valence electrons. The van der Waals surface area contributed by atoms with Crippen LogP contribution in [0.15, 0.2) is 24.3 Å². The van der Waals surface area contributed by atoms with Crippen molar-refractivity contribution in [3.05, 3.63) is 29.8 Å². The summed E-state index contributed by atoms with van der Waals surface area (Å²) in [6.07, 6.45) is 0. The van der Waals surface area contributed by atoms with Crippen molar-refractivity contribution in [2.75, 3.05) is 12.4 Å². The Morgan fingerprint density at radius 1 is 1.31 bits per heavy atom. The molecule has 2 amide bonds. The normalized spacial score (nSPS) is 20.4. The maximum Gasteiger partial charge on any atom is 0.290 e. The Labute approximate surface area is 98.0 Å². The molecule has 0 saturated carbocycles. The maximum atomic E-state index is 11.7.